The molecular formula is C21H11F9N4O. The highest BCUT2D eigenvalue weighted by molar-refractivity contribution is 5.78. The third-order valence-corrected chi connectivity index (χ3v) is 4.75. The number of rotatable bonds is 5. The van der Waals surface area contributed by atoms with Crippen LogP contribution < -0.4 is 4.74 Å². The Labute approximate surface area is 189 Å². The Morgan fingerprint density at radius 1 is 0.857 bits per heavy atom. The van der Waals surface area contributed by atoms with Gasteiger partial charge in [0.15, 0.2) is 11.3 Å². The van der Waals surface area contributed by atoms with E-state index in [9.17, 15) is 39.5 Å². The molecule has 1 aromatic carbocycles. The van der Waals surface area contributed by atoms with E-state index in [-0.39, 0.29) is 11.2 Å². The second kappa shape index (κ2) is 8.74. The van der Waals surface area contributed by atoms with Crippen LogP contribution in [0.25, 0.3) is 28.0 Å². The maximum Gasteiger partial charge on any atom is 0.433 e. The average Bonchev–Trinajstić information content (AvgIpc) is 3.21. The number of aromatic nitrogens is 4. The molecule has 0 N–H and O–H groups in total. The Morgan fingerprint density at radius 3 is 2.20 bits per heavy atom. The molecule has 184 valence electrons. The lowest BCUT2D eigenvalue weighted by Gasteiger charge is -2.17. The van der Waals surface area contributed by atoms with Gasteiger partial charge in [-0.2, -0.15) is 35.8 Å². The molecule has 4 rings (SSSR count). The second-order valence-corrected chi connectivity index (χ2v) is 7.07. The summed E-state index contributed by atoms with van der Waals surface area (Å²) in [4.78, 5) is 7.94. The van der Waals surface area contributed by atoms with Crippen molar-refractivity contribution in [1.82, 2.24) is 19.6 Å². The van der Waals surface area contributed by atoms with Gasteiger partial charge in [0.2, 0.25) is 0 Å². The van der Waals surface area contributed by atoms with Crippen LogP contribution in [0.4, 0.5) is 39.5 Å². The van der Waals surface area contributed by atoms with E-state index in [4.69, 9.17) is 0 Å². The molecular weight excluding hydrogens is 495 g/mol. The minimum atomic E-state index is -5.21. The van der Waals surface area contributed by atoms with Gasteiger partial charge in [-0.05, 0) is 30.3 Å². The Morgan fingerprint density at radius 2 is 1.60 bits per heavy atom. The highest BCUT2D eigenvalue weighted by Crippen LogP contribution is 2.41. The predicted octanol–water partition coefficient (Wildman–Crippen LogP) is 6.44. The smallest absolute Gasteiger partial charge is 0.433 e. The van der Waals surface area contributed by atoms with Gasteiger partial charge in [0.1, 0.15) is 5.75 Å². The van der Waals surface area contributed by atoms with E-state index in [0.717, 1.165) is 12.3 Å². The minimum absolute atomic E-state index is 0.124. The van der Waals surface area contributed by atoms with Crippen LogP contribution in [-0.4, -0.2) is 32.4 Å². The first-order valence-corrected chi connectivity index (χ1v) is 9.53. The number of benzene rings is 1. The van der Waals surface area contributed by atoms with E-state index in [0.29, 0.717) is 28.3 Å². The fraction of sp³-hybridized carbons (Fsp3) is 0.190. The minimum Gasteiger partial charge on any atom is -0.454 e. The zero-order chi connectivity index (χ0) is 25.5. The molecule has 0 aliphatic heterocycles. The molecule has 3 aromatic heterocycles. The standard InChI is InChI=1S/C21H11F9N4O/c22-17(23)18(24)35-15-4-3-10(6-13(15)20(25,26)27)14-7-16(21(28,29)30)34-19(33-14)12(9-32-34)11-2-1-5-31-8-11/h1-9,17-18H. The summed E-state index contributed by atoms with van der Waals surface area (Å²) in [6.07, 6.45) is -13.4. The summed E-state index contributed by atoms with van der Waals surface area (Å²) < 4.78 is 125. The Balaban J connectivity index is 1.92. The van der Waals surface area contributed by atoms with E-state index in [1.165, 1.54) is 24.5 Å². The summed E-state index contributed by atoms with van der Waals surface area (Å²) in [5.74, 6) is -1.26. The van der Waals surface area contributed by atoms with Gasteiger partial charge in [-0.3, -0.25) is 4.98 Å². The highest BCUT2D eigenvalue weighted by Gasteiger charge is 2.38. The van der Waals surface area contributed by atoms with Crippen molar-refractivity contribution in [3.8, 4) is 28.1 Å². The number of hydrogen-bond acceptors (Lipinski definition) is 4. The number of alkyl halides is 9. The van der Waals surface area contributed by atoms with E-state index in [2.05, 4.69) is 19.8 Å². The molecule has 14 heteroatoms. The first kappa shape index (κ1) is 24.3. The fourth-order valence-electron chi connectivity index (χ4n) is 3.22. The van der Waals surface area contributed by atoms with E-state index >= 15 is 0 Å². The molecule has 0 radical (unpaired) electrons. The van der Waals surface area contributed by atoms with Crippen molar-refractivity contribution in [1.29, 1.82) is 0 Å². The third-order valence-electron chi connectivity index (χ3n) is 4.75. The summed E-state index contributed by atoms with van der Waals surface area (Å²) in [5.41, 5.74) is -3.84. The molecule has 1 atom stereocenters. The van der Waals surface area contributed by atoms with Gasteiger partial charge in [0.25, 0.3) is 6.36 Å². The zero-order valence-electron chi connectivity index (χ0n) is 16.9. The van der Waals surface area contributed by atoms with Crippen molar-refractivity contribution in [2.24, 2.45) is 0 Å². The molecule has 0 aliphatic carbocycles. The number of halogens is 9. The Hall–Kier alpha value is -3.84. The molecule has 0 aliphatic rings. The largest absolute Gasteiger partial charge is 0.454 e. The number of hydrogen-bond donors (Lipinski definition) is 0. The van der Waals surface area contributed by atoms with Crippen LogP contribution in [0.15, 0.2) is 55.0 Å². The SMILES string of the molecule is FC(F)C(F)Oc1ccc(-c2cc(C(F)(F)F)n3ncc(-c4cccnc4)c3n2)cc1C(F)(F)F. The van der Waals surface area contributed by atoms with Crippen molar-refractivity contribution in [3.63, 3.8) is 0 Å². The molecule has 5 nitrogen and oxygen atoms in total. The summed E-state index contributed by atoms with van der Waals surface area (Å²) in [6, 6.07) is 5.24. The lowest BCUT2D eigenvalue weighted by Crippen LogP contribution is -2.21. The van der Waals surface area contributed by atoms with Gasteiger partial charge < -0.3 is 4.74 Å². The monoisotopic (exact) mass is 506 g/mol. The van der Waals surface area contributed by atoms with Crippen LogP contribution in [-0.2, 0) is 12.4 Å². The van der Waals surface area contributed by atoms with Gasteiger partial charge in [0.05, 0.1) is 17.5 Å². The van der Waals surface area contributed by atoms with Gasteiger partial charge in [0, 0.05) is 29.1 Å². The highest BCUT2D eigenvalue weighted by atomic mass is 19.4. The van der Waals surface area contributed by atoms with E-state index < -0.39 is 53.4 Å². The van der Waals surface area contributed by atoms with Crippen LogP contribution >= 0.6 is 0 Å². The van der Waals surface area contributed by atoms with Crippen molar-refractivity contribution >= 4 is 5.65 Å². The quantitative estimate of drug-likeness (QED) is 0.293. The third kappa shape index (κ3) is 4.86. The van der Waals surface area contributed by atoms with Gasteiger partial charge in [-0.1, -0.05) is 6.07 Å². The fourth-order valence-corrected chi connectivity index (χ4v) is 3.22. The summed E-state index contributed by atoms with van der Waals surface area (Å²) in [6.45, 7) is 0. The first-order valence-electron chi connectivity index (χ1n) is 9.53. The summed E-state index contributed by atoms with van der Waals surface area (Å²) in [5, 5.41) is 3.71. The Bertz CT molecular complexity index is 1350. The zero-order valence-corrected chi connectivity index (χ0v) is 16.9. The summed E-state index contributed by atoms with van der Waals surface area (Å²) >= 11 is 0. The molecule has 0 bridgehead atoms. The molecule has 1 unspecified atom stereocenters. The number of fused-ring (bicyclic) bond motifs is 1. The average molecular weight is 506 g/mol. The number of pyridine rings is 1. The molecule has 0 amide bonds. The van der Waals surface area contributed by atoms with Crippen LogP contribution in [0, 0.1) is 0 Å². The molecule has 4 aromatic rings. The van der Waals surface area contributed by atoms with E-state index in [1.807, 2.05) is 0 Å². The first-order chi connectivity index (χ1) is 16.4. The molecule has 0 saturated heterocycles. The lowest BCUT2D eigenvalue weighted by molar-refractivity contribution is -0.143. The molecule has 0 saturated carbocycles. The van der Waals surface area contributed by atoms with Crippen molar-refractivity contribution in [2.75, 3.05) is 0 Å². The second-order valence-electron chi connectivity index (χ2n) is 7.07. The van der Waals surface area contributed by atoms with Crippen LogP contribution in [0.2, 0.25) is 0 Å². The molecule has 0 fully saturated rings. The maximum atomic E-state index is 13.8. The lowest BCUT2D eigenvalue weighted by atomic mass is 10.1. The van der Waals surface area contributed by atoms with Crippen molar-refractivity contribution in [3.05, 3.63) is 66.2 Å². The number of nitrogens with zero attached hydrogens (tertiary/aromatic N) is 4. The Kier molecular flexibility index (Phi) is 6.07. The summed E-state index contributed by atoms with van der Waals surface area (Å²) in [7, 11) is 0. The van der Waals surface area contributed by atoms with Gasteiger partial charge in [-0.25, -0.2) is 18.3 Å². The molecule has 3 heterocycles. The predicted molar refractivity (Wildman–Crippen MR) is 103 cm³/mol. The van der Waals surface area contributed by atoms with Crippen molar-refractivity contribution in [2.45, 2.75) is 25.1 Å². The normalized spacial score (nSPS) is 13.4. The molecule has 35 heavy (non-hydrogen) atoms. The topological polar surface area (TPSA) is 52.3 Å². The number of ether oxygens (including phenoxy) is 1. The van der Waals surface area contributed by atoms with Crippen LogP contribution in [0.3, 0.4) is 0 Å². The van der Waals surface area contributed by atoms with Crippen LogP contribution in [0.1, 0.15) is 11.3 Å². The molecule has 0 spiro atoms. The van der Waals surface area contributed by atoms with E-state index in [1.54, 1.807) is 0 Å². The van der Waals surface area contributed by atoms with Gasteiger partial charge in [-0.15, -0.1) is 0 Å². The maximum absolute atomic E-state index is 13.8. The van der Waals surface area contributed by atoms with Crippen LogP contribution in [0.5, 0.6) is 5.75 Å². The van der Waals surface area contributed by atoms with Gasteiger partial charge >= 0.3 is 18.8 Å². The van der Waals surface area contributed by atoms with Crippen molar-refractivity contribution < 1.29 is 44.3 Å².